The quantitative estimate of drug-likeness (QED) is 0.508. The highest BCUT2D eigenvalue weighted by molar-refractivity contribution is 5.80. The van der Waals surface area contributed by atoms with E-state index in [1.807, 2.05) is 0 Å². The van der Waals surface area contributed by atoms with Crippen molar-refractivity contribution in [1.29, 1.82) is 0 Å². The van der Waals surface area contributed by atoms with Crippen molar-refractivity contribution in [3.8, 4) is 0 Å². The molecule has 0 spiro atoms. The summed E-state index contributed by atoms with van der Waals surface area (Å²) in [5.41, 5.74) is -1.59. The number of anilines is 1. The Morgan fingerprint density at radius 3 is 2.44 bits per heavy atom. The number of likely N-dealkylation sites (tertiary alicyclic amines) is 1. The molecular weight excluding hydrogens is 433 g/mol. The van der Waals surface area contributed by atoms with Crippen molar-refractivity contribution in [3.05, 3.63) is 33.9 Å². The molecule has 32 heavy (non-hydrogen) atoms. The van der Waals surface area contributed by atoms with E-state index in [1.165, 1.54) is 4.90 Å². The van der Waals surface area contributed by atoms with Crippen molar-refractivity contribution in [3.63, 3.8) is 0 Å². The van der Waals surface area contributed by atoms with Gasteiger partial charge in [0.05, 0.1) is 23.0 Å². The molecule has 2 aliphatic heterocycles. The summed E-state index contributed by atoms with van der Waals surface area (Å²) in [5, 5.41) is 11.4. The van der Waals surface area contributed by atoms with Crippen LogP contribution in [0.15, 0.2) is 18.2 Å². The number of halogens is 3. The minimum absolute atomic E-state index is 0.0967. The van der Waals surface area contributed by atoms with Gasteiger partial charge in [0.25, 0.3) is 5.69 Å². The monoisotopic (exact) mass is 458 g/mol. The van der Waals surface area contributed by atoms with Crippen LogP contribution in [0.4, 0.5) is 29.3 Å². The van der Waals surface area contributed by atoms with Crippen LogP contribution in [0.5, 0.6) is 0 Å². The van der Waals surface area contributed by atoms with E-state index in [0.29, 0.717) is 25.5 Å². The molecule has 0 saturated carbocycles. The maximum Gasteiger partial charge on any atom is 0.416 e. The lowest BCUT2D eigenvalue weighted by molar-refractivity contribution is -0.384. The van der Waals surface area contributed by atoms with Crippen LogP contribution in [0.2, 0.25) is 0 Å². The molecule has 1 aromatic rings. The van der Waals surface area contributed by atoms with Gasteiger partial charge in [0.2, 0.25) is 5.91 Å². The molecule has 12 heteroatoms. The second-order valence-electron chi connectivity index (χ2n) is 7.75. The fourth-order valence-electron chi connectivity index (χ4n) is 4.10. The predicted molar refractivity (Wildman–Crippen MR) is 108 cm³/mol. The smallest absolute Gasteiger partial charge is 0.416 e. The number of alkyl halides is 3. The maximum atomic E-state index is 12.9. The highest BCUT2D eigenvalue weighted by Gasteiger charge is 2.36. The first kappa shape index (κ1) is 23.6. The highest BCUT2D eigenvalue weighted by Crippen LogP contribution is 2.37. The number of carbonyl (C=O) groups is 2. The van der Waals surface area contributed by atoms with Gasteiger partial charge in [-0.25, -0.2) is 4.79 Å². The number of ether oxygens (including phenoxy) is 1. The Morgan fingerprint density at radius 2 is 1.84 bits per heavy atom. The zero-order valence-electron chi connectivity index (χ0n) is 17.6. The molecule has 2 heterocycles. The van der Waals surface area contributed by atoms with Gasteiger partial charge in [0.15, 0.2) is 0 Å². The molecule has 2 fully saturated rings. The third kappa shape index (κ3) is 5.22. The SMILES string of the molecule is CCOC(=O)N1CCC[C@@H](C(=O)N2CCN(c3ccc(C(F)(F)F)cc3[N+](=O)[O-])CC2)C1. The third-order valence-corrected chi connectivity index (χ3v) is 5.73. The maximum absolute atomic E-state index is 12.9. The van der Waals surface area contributed by atoms with E-state index in [1.54, 1.807) is 16.7 Å². The van der Waals surface area contributed by atoms with Crippen LogP contribution < -0.4 is 4.90 Å². The molecular formula is C20H25F3N4O5. The van der Waals surface area contributed by atoms with Gasteiger partial charge < -0.3 is 19.4 Å². The van der Waals surface area contributed by atoms with Gasteiger partial charge in [-0.15, -0.1) is 0 Å². The summed E-state index contributed by atoms with van der Waals surface area (Å²) in [5.74, 6) is -0.444. The second kappa shape index (κ2) is 9.61. The highest BCUT2D eigenvalue weighted by atomic mass is 19.4. The molecule has 0 bridgehead atoms. The number of carbonyl (C=O) groups excluding carboxylic acids is 2. The topological polar surface area (TPSA) is 96.2 Å². The predicted octanol–water partition coefficient (Wildman–Crippen LogP) is 3.13. The Kier molecular flexibility index (Phi) is 7.09. The average Bonchev–Trinajstić information content (AvgIpc) is 2.78. The van der Waals surface area contributed by atoms with Crippen LogP contribution in [-0.2, 0) is 15.7 Å². The molecule has 1 aromatic carbocycles. The van der Waals surface area contributed by atoms with Crippen molar-refractivity contribution in [2.45, 2.75) is 25.9 Å². The van der Waals surface area contributed by atoms with Gasteiger partial charge in [-0.3, -0.25) is 14.9 Å². The first-order valence-electron chi connectivity index (χ1n) is 10.4. The normalized spacial score (nSPS) is 19.6. The number of nitro benzene ring substituents is 1. The summed E-state index contributed by atoms with van der Waals surface area (Å²) in [6.45, 7) is 3.87. The van der Waals surface area contributed by atoms with E-state index < -0.39 is 28.4 Å². The summed E-state index contributed by atoms with van der Waals surface area (Å²) < 4.78 is 43.8. The molecule has 0 aliphatic carbocycles. The Balaban J connectivity index is 1.64. The van der Waals surface area contributed by atoms with Gasteiger partial charge in [-0.05, 0) is 31.9 Å². The third-order valence-electron chi connectivity index (χ3n) is 5.73. The van der Waals surface area contributed by atoms with Crippen LogP contribution in [0.25, 0.3) is 0 Å². The molecule has 0 aromatic heterocycles. The summed E-state index contributed by atoms with van der Waals surface area (Å²) >= 11 is 0. The van der Waals surface area contributed by atoms with Gasteiger partial charge in [-0.2, -0.15) is 13.2 Å². The van der Waals surface area contributed by atoms with E-state index in [4.69, 9.17) is 4.74 Å². The molecule has 3 rings (SSSR count). The Morgan fingerprint density at radius 1 is 1.16 bits per heavy atom. The second-order valence-corrected chi connectivity index (χ2v) is 7.75. The number of benzene rings is 1. The van der Waals surface area contributed by atoms with E-state index in [-0.39, 0.29) is 56.8 Å². The van der Waals surface area contributed by atoms with Gasteiger partial charge in [0, 0.05) is 45.3 Å². The van der Waals surface area contributed by atoms with Crippen molar-refractivity contribution >= 4 is 23.4 Å². The van der Waals surface area contributed by atoms with E-state index in [0.717, 1.165) is 12.1 Å². The summed E-state index contributed by atoms with van der Waals surface area (Å²) in [6.07, 6.45) is -3.78. The first-order valence-corrected chi connectivity index (χ1v) is 10.4. The molecule has 0 unspecified atom stereocenters. The fraction of sp³-hybridized carbons (Fsp3) is 0.600. The summed E-state index contributed by atoms with van der Waals surface area (Å²) in [4.78, 5) is 40.2. The molecule has 2 aliphatic rings. The van der Waals surface area contributed by atoms with E-state index in [9.17, 15) is 32.9 Å². The zero-order valence-corrected chi connectivity index (χ0v) is 17.6. The molecule has 1 atom stereocenters. The lowest BCUT2D eigenvalue weighted by atomic mass is 9.96. The summed E-state index contributed by atoms with van der Waals surface area (Å²) in [6, 6.07) is 2.47. The number of hydrogen-bond donors (Lipinski definition) is 0. The Bertz CT molecular complexity index is 871. The lowest BCUT2D eigenvalue weighted by Gasteiger charge is -2.39. The molecule has 0 radical (unpaired) electrons. The minimum Gasteiger partial charge on any atom is -0.450 e. The molecule has 9 nitrogen and oxygen atoms in total. The number of rotatable bonds is 4. The van der Waals surface area contributed by atoms with Crippen molar-refractivity contribution in [2.75, 3.05) is 50.8 Å². The standard InChI is InChI=1S/C20H25F3N4O5/c1-2-32-19(29)26-7-3-4-14(13-26)18(28)25-10-8-24(9-11-25)16-6-5-15(20(21,22)23)12-17(16)27(30)31/h5-6,12,14H,2-4,7-11,13H2,1H3/t14-/m1/s1. The van der Waals surface area contributed by atoms with Crippen molar-refractivity contribution in [1.82, 2.24) is 9.80 Å². The largest absolute Gasteiger partial charge is 0.450 e. The van der Waals surface area contributed by atoms with Crippen molar-refractivity contribution in [2.24, 2.45) is 5.92 Å². The van der Waals surface area contributed by atoms with E-state index >= 15 is 0 Å². The summed E-state index contributed by atoms with van der Waals surface area (Å²) in [7, 11) is 0. The van der Waals surface area contributed by atoms with Crippen LogP contribution >= 0.6 is 0 Å². The molecule has 0 N–H and O–H groups in total. The Hall–Kier alpha value is -3.05. The van der Waals surface area contributed by atoms with E-state index in [2.05, 4.69) is 0 Å². The van der Waals surface area contributed by atoms with Gasteiger partial charge >= 0.3 is 12.3 Å². The van der Waals surface area contributed by atoms with Crippen LogP contribution in [0.1, 0.15) is 25.3 Å². The van der Waals surface area contributed by atoms with Crippen LogP contribution in [0.3, 0.4) is 0 Å². The van der Waals surface area contributed by atoms with Crippen LogP contribution in [0, 0.1) is 16.0 Å². The van der Waals surface area contributed by atoms with Gasteiger partial charge in [-0.1, -0.05) is 0 Å². The first-order chi connectivity index (χ1) is 15.1. The number of hydrogen-bond acceptors (Lipinski definition) is 6. The average molecular weight is 458 g/mol. The number of nitro groups is 1. The van der Waals surface area contributed by atoms with Crippen LogP contribution in [-0.4, -0.2) is 72.6 Å². The molecule has 176 valence electrons. The molecule has 2 amide bonds. The minimum atomic E-state index is -4.67. The fourth-order valence-corrected chi connectivity index (χ4v) is 4.10. The van der Waals surface area contributed by atoms with Gasteiger partial charge in [0.1, 0.15) is 5.69 Å². The number of nitrogens with zero attached hydrogens (tertiary/aromatic N) is 4. The molecule has 2 saturated heterocycles. The zero-order chi connectivity index (χ0) is 23.5. The number of piperidine rings is 1. The number of piperazine rings is 1. The van der Waals surface area contributed by atoms with Crippen molar-refractivity contribution < 1.29 is 32.4 Å². The Labute approximate surface area is 182 Å². The lowest BCUT2D eigenvalue weighted by Crippen LogP contribution is -2.53. The number of amides is 2.